The Labute approximate surface area is 83.0 Å². The van der Waals surface area contributed by atoms with Gasteiger partial charge in [-0.15, -0.1) is 0 Å². The van der Waals surface area contributed by atoms with Gasteiger partial charge in [0.05, 0.1) is 0 Å². The van der Waals surface area contributed by atoms with E-state index in [9.17, 15) is 0 Å². The van der Waals surface area contributed by atoms with Crippen molar-refractivity contribution < 1.29 is 9.47 Å². The van der Waals surface area contributed by atoms with Gasteiger partial charge in [0, 0.05) is 27.3 Å². The fourth-order valence-corrected chi connectivity index (χ4v) is 2.76. The van der Waals surface area contributed by atoms with E-state index in [1.165, 1.54) is 0 Å². The number of hydrogen-bond acceptors (Lipinski definition) is 4. The van der Waals surface area contributed by atoms with Crippen LogP contribution >= 0.6 is 0 Å². The molecule has 5 heteroatoms. The summed E-state index contributed by atoms with van der Waals surface area (Å²) in [7, 11) is 2.99. The third kappa shape index (κ3) is 6.17. The Morgan fingerprint density at radius 3 is 2.38 bits per heavy atom. The molecule has 0 rings (SSSR count). The van der Waals surface area contributed by atoms with E-state index in [0.29, 0.717) is 12.2 Å². The third-order valence-corrected chi connectivity index (χ3v) is 4.56. The zero-order valence-electron chi connectivity index (χ0n) is 8.88. The zero-order chi connectivity index (χ0) is 10.1. The van der Waals surface area contributed by atoms with E-state index in [1.54, 1.807) is 14.2 Å². The van der Waals surface area contributed by atoms with Gasteiger partial charge in [0.15, 0.2) is 0 Å². The van der Waals surface area contributed by atoms with E-state index in [-0.39, 0.29) is 5.91 Å². The van der Waals surface area contributed by atoms with Gasteiger partial charge >= 0.3 is 0 Å². The highest BCUT2D eigenvalue weighted by Gasteiger charge is 2.13. The Balaban J connectivity index is 3.67. The molecule has 1 unspecified atom stereocenters. The summed E-state index contributed by atoms with van der Waals surface area (Å²) in [6.45, 7) is 3.74. The summed E-state index contributed by atoms with van der Waals surface area (Å²) in [5, 5.41) is 3.39. The molecule has 0 aliphatic rings. The molecular weight excluding hydrogens is 184 g/mol. The molecule has 0 aliphatic carbocycles. The van der Waals surface area contributed by atoms with Gasteiger partial charge in [0.25, 0.3) is 0 Å². The van der Waals surface area contributed by atoms with Gasteiger partial charge in [0.2, 0.25) is 0 Å². The van der Waals surface area contributed by atoms with Crippen molar-refractivity contribution in [3.8, 4) is 0 Å². The topological polar surface area (TPSA) is 56.5 Å². The summed E-state index contributed by atoms with van der Waals surface area (Å²) in [6.07, 6.45) is 1.12. The maximum Gasteiger partial charge on any atom is 0.135 e. The van der Waals surface area contributed by atoms with Crippen LogP contribution in [0.3, 0.4) is 0 Å². The van der Waals surface area contributed by atoms with Crippen molar-refractivity contribution in [3.63, 3.8) is 0 Å². The summed E-state index contributed by atoms with van der Waals surface area (Å²) in [5.41, 5.74) is 5.98. The minimum Gasteiger partial charge on any atom is -0.360 e. The molecule has 0 aliphatic heterocycles. The lowest BCUT2D eigenvalue weighted by atomic mass is 10.4. The van der Waals surface area contributed by atoms with Gasteiger partial charge in [-0.1, -0.05) is 6.92 Å². The van der Waals surface area contributed by atoms with Gasteiger partial charge in [-0.3, -0.25) is 0 Å². The smallest absolute Gasteiger partial charge is 0.135 e. The standard InChI is InChI=1S/C8H22N2O2Si/c1-4-7(10-6-5-9)13-8(11-2)12-3/h7-8,10H,4-6,9,13H2,1-3H3. The number of methoxy groups -OCH3 is 2. The SMILES string of the molecule is CCC(NCCN)[SiH2]C(OC)OC. The number of hydrogen-bond donors (Lipinski definition) is 2. The van der Waals surface area contributed by atoms with E-state index >= 15 is 0 Å². The highest BCUT2D eigenvalue weighted by atomic mass is 28.2. The molecule has 0 saturated heterocycles. The summed E-state index contributed by atoms with van der Waals surface area (Å²) >= 11 is 0. The zero-order valence-corrected chi connectivity index (χ0v) is 10.3. The summed E-state index contributed by atoms with van der Waals surface area (Å²) in [5.74, 6) is 0.0234. The number of nitrogens with two attached hydrogens (primary N) is 1. The molecule has 0 spiro atoms. The lowest BCUT2D eigenvalue weighted by molar-refractivity contribution is -0.0450. The molecule has 13 heavy (non-hydrogen) atoms. The van der Waals surface area contributed by atoms with Crippen LogP contribution in [0.25, 0.3) is 0 Å². The van der Waals surface area contributed by atoms with Gasteiger partial charge in [0.1, 0.15) is 15.4 Å². The first-order valence-electron chi connectivity index (χ1n) is 4.77. The number of nitrogens with one attached hydrogen (secondary N) is 1. The Kier molecular flexibility index (Phi) is 8.68. The maximum atomic E-state index is 5.42. The van der Waals surface area contributed by atoms with E-state index in [4.69, 9.17) is 15.2 Å². The summed E-state index contributed by atoms with van der Waals surface area (Å²) in [4.78, 5) is 0. The Morgan fingerprint density at radius 2 is 2.00 bits per heavy atom. The fraction of sp³-hybridized carbons (Fsp3) is 1.00. The van der Waals surface area contributed by atoms with E-state index in [0.717, 1.165) is 13.0 Å². The van der Waals surface area contributed by atoms with Crippen LogP contribution in [0.1, 0.15) is 13.3 Å². The van der Waals surface area contributed by atoms with Crippen LogP contribution < -0.4 is 11.1 Å². The summed E-state index contributed by atoms with van der Waals surface area (Å²) in [6, 6.07) is 0. The van der Waals surface area contributed by atoms with Gasteiger partial charge < -0.3 is 20.5 Å². The molecule has 0 amide bonds. The van der Waals surface area contributed by atoms with Gasteiger partial charge in [-0.25, -0.2) is 0 Å². The average Bonchev–Trinajstić information content (AvgIpc) is 2.19. The van der Waals surface area contributed by atoms with Gasteiger partial charge in [-0.05, 0) is 12.1 Å². The quantitative estimate of drug-likeness (QED) is 0.396. The Hall–Kier alpha value is 0.0569. The van der Waals surface area contributed by atoms with Crippen molar-refractivity contribution in [1.82, 2.24) is 5.32 Å². The Morgan fingerprint density at radius 1 is 1.38 bits per heavy atom. The highest BCUT2D eigenvalue weighted by Crippen LogP contribution is 1.95. The van der Waals surface area contributed by atoms with Crippen molar-refractivity contribution in [3.05, 3.63) is 0 Å². The first-order valence-corrected chi connectivity index (χ1v) is 6.40. The molecule has 0 aromatic carbocycles. The predicted molar refractivity (Wildman–Crippen MR) is 57.5 cm³/mol. The molecule has 80 valence electrons. The molecule has 0 heterocycles. The first-order chi connectivity index (χ1) is 6.28. The fourth-order valence-electron chi connectivity index (χ4n) is 1.20. The van der Waals surface area contributed by atoms with Crippen molar-refractivity contribution in [1.29, 1.82) is 0 Å². The first kappa shape index (κ1) is 13.1. The van der Waals surface area contributed by atoms with Crippen molar-refractivity contribution >= 4 is 9.52 Å². The van der Waals surface area contributed by atoms with Crippen LogP contribution in [0, 0.1) is 0 Å². The largest absolute Gasteiger partial charge is 0.360 e. The molecule has 4 nitrogen and oxygen atoms in total. The van der Waals surface area contributed by atoms with Crippen LogP contribution in [0.2, 0.25) is 0 Å². The van der Waals surface area contributed by atoms with E-state index < -0.39 is 9.52 Å². The van der Waals surface area contributed by atoms with Crippen LogP contribution in [-0.4, -0.2) is 48.4 Å². The molecule has 0 aromatic rings. The minimum atomic E-state index is -0.392. The van der Waals surface area contributed by atoms with Crippen molar-refractivity contribution in [2.45, 2.75) is 24.9 Å². The molecule has 0 bridgehead atoms. The van der Waals surface area contributed by atoms with Crippen LogP contribution in [0.4, 0.5) is 0 Å². The molecule has 3 N–H and O–H groups in total. The maximum absolute atomic E-state index is 5.42. The van der Waals surface area contributed by atoms with Crippen LogP contribution in [0.5, 0.6) is 0 Å². The molecule has 0 fully saturated rings. The minimum absolute atomic E-state index is 0.0234. The van der Waals surface area contributed by atoms with E-state index in [1.807, 2.05) is 0 Å². The summed E-state index contributed by atoms with van der Waals surface area (Å²) < 4.78 is 10.4. The van der Waals surface area contributed by atoms with Crippen molar-refractivity contribution in [2.24, 2.45) is 5.73 Å². The molecule has 0 saturated carbocycles. The van der Waals surface area contributed by atoms with E-state index in [2.05, 4.69) is 12.2 Å². The third-order valence-electron chi connectivity index (χ3n) is 2.07. The Bertz CT molecular complexity index is 112. The highest BCUT2D eigenvalue weighted by molar-refractivity contribution is 6.38. The van der Waals surface area contributed by atoms with Crippen LogP contribution in [0.15, 0.2) is 0 Å². The second kappa shape index (κ2) is 8.65. The molecule has 0 radical (unpaired) electrons. The number of ether oxygens (including phenoxy) is 2. The average molecular weight is 206 g/mol. The van der Waals surface area contributed by atoms with Crippen molar-refractivity contribution in [2.75, 3.05) is 27.3 Å². The lowest BCUT2D eigenvalue weighted by Gasteiger charge is -2.20. The normalized spacial score (nSPS) is 14.5. The number of rotatable bonds is 8. The lowest BCUT2D eigenvalue weighted by Crippen LogP contribution is -2.43. The second-order valence-electron chi connectivity index (χ2n) is 2.98. The molecule has 0 aromatic heterocycles. The predicted octanol–water partition coefficient (Wildman–Crippen LogP) is -0.984. The second-order valence-corrected chi connectivity index (χ2v) is 5.11. The van der Waals surface area contributed by atoms with Gasteiger partial charge in [-0.2, -0.15) is 0 Å². The molecular formula is C8H22N2O2Si. The van der Waals surface area contributed by atoms with Crippen LogP contribution in [-0.2, 0) is 9.47 Å². The molecule has 1 atom stereocenters. The monoisotopic (exact) mass is 206 g/mol.